The van der Waals surface area contributed by atoms with E-state index in [1.807, 2.05) is 18.2 Å². The number of rotatable bonds is 6. The monoisotopic (exact) mass is 291 g/mol. The molecule has 0 aliphatic rings. The van der Waals surface area contributed by atoms with E-state index in [1.165, 1.54) is 5.56 Å². The van der Waals surface area contributed by atoms with Gasteiger partial charge in [0.25, 0.3) is 0 Å². The van der Waals surface area contributed by atoms with Gasteiger partial charge in [-0.25, -0.2) is 0 Å². The molecule has 4 heteroatoms. The van der Waals surface area contributed by atoms with Crippen molar-refractivity contribution in [1.82, 2.24) is 0 Å². The zero-order chi connectivity index (χ0) is 14.6. The first-order valence-corrected chi connectivity index (χ1v) is 7.49. The van der Waals surface area contributed by atoms with Crippen molar-refractivity contribution >= 4 is 11.3 Å². The van der Waals surface area contributed by atoms with E-state index in [0.717, 1.165) is 29.9 Å². The molecular formula is C16H21NO2S. The lowest BCUT2D eigenvalue weighted by atomic mass is 9.88. The van der Waals surface area contributed by atoms with Crippen LogP contribution in [0.25, 0.3) is 0 Å². The number of hydrogen-bond acceptors (Lipinski definition) is 4. The molecule has 0 radical (unpaired) electrons. The average Bonchev–Trinajstić information content (AvgIpc) is 2.90. The number of nitrogens with two attached hydrogens (primary N) is 1. The molecule has 2 N–H and O–H groups in total. The Morgan fingerprint density at radius 3 is 2.35 bits per heavy atom. The predicted octanol–water partition coefficient (Wildman–Crippen LogP) is 3.27. The highest BCUT2D eigenvalue weighted by atomic mass is 32.1. The van der Waals surface area contributed by atoms with Crippen LogP contribution >= 0.6 is 11.3 Å². The summed E-state index contributed by atoms with van der Waals surface area (Å²) in [6.45, 7) is 2.08. The summed E-state index contributed by atoms with van der Waals surface area (Å²) < 4.78 is 10.6. The normalized spacial score (nSPS) is 13.8. The van der Waals surface area contributed by atoms with Crippen molar-refractivity contribution in [1.29, 1.82) is 0 Å². The minimum Gasteiger partial charge on any atom is -0.493 e. The lowest BCUT2D eigenvalue weighted by Gasteiger charge is -2.25. The van der Waals surface area contributed by atoms with Crippen LogP contribution in [0.3, 0.4) is 0 Å². The van der Waals surface area contributed by atoms with Crippen LogP contribution in [0, 0.1) is 0 Å². The molecule has 0 saturated carbocycles. The maximum absolute atomic E-state index is 6.43. The molecule has 2 rings (SSSR count). The fourth-order valence-electron chi connectivity index (χ4n) is 2.38. The van der Waals surface area contributed by atoms with Gasteiger partial charge < -0.3 is 15.2 Å². The summed E-state index contributed by atoms with van der Waals surface area (Å²) in [5.41, 5.74) is 8.61. The van der Waals surface area contributed by atoms with Gasteiger partial charge in [0, 0.05) is 5.54 Å². The molecular weight excluding hydrogens is 270 g/mol. The Balaban J connectivity index is 2.12. The molecule has 0 fully saturated rings. The third kappa shape index (κ3) is 3.74. The Kier molecular flexibility index (Phi) is 4.68. The molecule has 0 saturated heterocycles. The zero-order valence-electron chi connectivity index (χ0n) is 12.2. The molecule has 1 aromatic carbocycles. The van der Waals surface area contributed by atoms with Gasteiger partial charge in [0.1, 0.15) is 0 Å². The maximum atomic E-state index is 6.43. The summed E-state index contributed by atoms with van der Waals surface area (Å²) >= 11 is 1.71. The summed E-state index contributed by atoms with van der Waals surface area (Å²) in [6, 6.07) is 8.09. The van der Waals surface area contributed by atoms with Gasteiger partial charge in [-0.1, -0.05) is 6.07 Å². The Hall–Kier alpha value is -1.52. The second-order valence-electron chi connectivity index (χ2n) is 5.33. The van der Waals surface area contributed by atoms with Crippen LogP contribution in [0.5, 0.6) is 11.5 Å². The van der Waals surface area contributed by atoms with Crippen LogP contribution in [-0.2, 0) is 12.8 Å². The average molecular weight is 291 g/mol. The smallest absolute Gasteiger partial charge is 0.160 e. The van der Waals surface area contributed by atoms with Crippen molar-refractivity contribution < 1.29 is 9.47 Å². The van der Waals surface area contributed by atoms with Crippen LogP contribution in [0.4, 0.5) is 0 Å². The third-order valence-corrected chi connectivity index (χ3v) is 3.98. The fraction of sp³-hybridized carbons (Fsp3) is 0.375. The molecule has 3 nitrogen and oxygen atoms in total. The van der Waals surface area contributed by atoms with Crippen LogP contribution in [0.15, 0.2) is 35.0 Å². The maximum Gasteiger partial charge on any atom is 0.160 e. The molecule has 0 amide bonds. The molecule has 0 aliphatic carbocycles. The van der Waals surface area contributed by atoms with Crippen molar-refractivity contribution in [3.05, 3.63) is 46.2 Å². The van der Waals surface area contributed by atoms with Crippen molar-refractivity contribution in [2.24, 2.45) is 5.73 Å². The first-order valence-electron chi connectivity index (χ1n) is 6.55. The Bertz CT molecular complexity index is 550. The predicted molar refractivity (Wildman–Crippen MR) is 83.9 cm³/mol. The molecule has 1 unspecified atom stereocenters. The van der Waals surface area contributed by atoms with Crippen LogP contribution in [0.1, 0.15) is 18.1 Å². The van der Waals surface area contributed by atoms with Crippen molar-refractivity contribution in [3.8, 4) is 11.5 Å². The van der Waals surface area contributed by atoms with Gasteiger partial charge in [-0.15, -0.1) is 0 Å². The van der Waals surface area contributed by atoms with E-state index < -0.39 is 0 Å². The largest absolute Gasteiger partial charge is 0.493 e. The molecule has 0 bridgehead atoms. The second kappa shape index (κ2) is 6.29. The Morgan fingerprint density at radius 2 is 1.75 bits per heavy atom. The molecule has 1 heterocycles. The van der Waals surface area contributed by atoms with Gasteiger partial charge in [0.2, 0.25) is 0 Å². The summed E-state index contributed by atoms with van der Waals surface area (Å²) in [5.74, 6) is 1.49. The number of benzene rings is 1. The van der Waals surface area contributed by atoms with E-state index in [2.05, 4.69) is 23.8 Å². The lowest BCUT2D eigenvalue weighted by Crippen LogP contribution is -2.40. The SMILES string of the molecule is COc1ccc(CC(C)(N)Cc2ccsc2)cc1OC. The summed E-state index contributed by atoms with van der Waals surface area (Å²) in [4.78, 5) is 0. The van der Waals surface area contributed by atoms with E-state index in [0.29, 0.717) is 0 Å². The van der Waals surface area contributed by atoms with E-state index in [4.69, 9.17) is 15.2 Å². The van der Waals surface area contributed by atoms with Gasteiger partial charge in [-0.05, 0) is 59.9 Å². The van der Waals surface area contributed by atoms with Gasteiger partial charge in [0.05, 0.1) is 14.2 Å². The minimum atomic E-state index is -0.277. The first kappa shape index (κ1) is 14.9. The quantitative estimate of drug-likeness (QED) is 0.888. The minimum absolute atomic E-state index is 0.277. The molecule has 20 heavy (non-hydrogen) atoms. The van der Waals surface area contributed by atoms with E-state index in [1.54, 1.807) is 25.6 Å². The van der Waals surface area contributed by atoms with Gasteiger partial charge >= 0.3 is 0 Å². The number of hydrogen-bond donors (Lipinski definition) is 1. The van der Waals surface area contributed by atoms with Gasteiger partial charge in [0.15, 0.2) is 11.5 Å². The molecule has 1 atom stereocenters. The molecule has 0 aliphatic heterocycles. The standard InChI is InChI=1S/C16H21NO2S/c1-16(17,10-13-6-7-20-11-13)9-12-4-5-14(18-2)15(8-12)19-3/h4-8,11H,9-10,17H2,1-3H3. The molecule has 108 valence electrons. The Labute approximate surface area is 124 Å². The fourth-order valence-corrected chi connectivity index (χ4v) is 3.05. The van der Waals surface area contributed by atoms with Crippen LogP contribution < -0.4 is 15.2 Å². The second-order valence-corrected chi connectivity index (χ2v) is 6.11. The van der Waals surface area contributed by atoms with E-state index in [-0.39, 0.29) is 5.54 Å². The van der Waals surface area contributed by atoms with Crippen molar-refractivity contribution in [3.63, 3.8) is 0 Å². The van der Waals surface area contributed by atoms with Crippen molar-refractivity contribution in [2.45, 2.75) is 25.3 Å². The highest BCUT2D eigenvalue weighted by molar-refractivity contribution is 7.07. The number of thiophene rings is 1. The van der Waals surface area contributed by atoms with Crippen LogP contribution in [0.2, 0.25) is 0 Å². The summed E-state index contributed by atoms with van der Waals surface area (Å²) in [5, 5.41) is 4.24. The lowest BCUT2D eigenvalue weighted by molar-refractivity contribution is 0.354. The first-order chi connectivity index (χ1) is 9.54. The summed E-state index contributed by atoms with van der Waals surface area (Å²) in [7, 11) is 3.29. The van der Waals surface area contributed by atoms with Crippen LogP contribution in [-0.4, -0.2) is 19.8 Å². The number of ether oxygens (including phenoxy) is 2. The highest BCUT2D eigenvalue weighted by Gasteiger charge is 2.20. The zero-order valence-corrected chi connectivity index (χ0v) is 13.0. The summed E-state index contributed by atoms with van der Waals surface area (Å²) in [6.07, 6.45) is 1.66. The molecule has 0 spiro atoms. The van der Waals surface area contributed by atoms with Crippen molar-refractivity contribution in [2.75, 3.05) is 14.2 Å². The van der Waals surface area contributed by atoms with E-state index >= 15 is 0 Å². The number of methoxy groups -OCH3 is 2. The van der Waals surface area contributed by atoms with Gasteiger partial charge in [-0.2, -0.15) is 11.3 Å². The topological polar surface area (TPSA) is 44.5 Å². The van der Waals surface area contributed by atoms with Gasteiger partial charge in [-0.3, -0.25) is 0 Å². The molecule has 1 aromatic heterocycles. The molecule has 2 aromatic rings. The van der Waals surface area contributed by atoms with E-state index in [9.17, 15) is 0 Å². The highest BCUT2D eigenvalue weighted by Crippen LogP contribution is 2.29. The third-order valence-electron chi connectivity index (χ3n) is 3.24. The Morgan fingerprint density at radius 1 is 1.05 bits per heavy atom.